The zero-order valence-corrected chi connectivity index (χ0v) is 16.4. The van der Waals surface area contributed by atoms with Crippen LogP contribution in [0.1, 0.15) is 21.9 Å². The van der Waals surface area contributed by atoms with E-state index in [1.54, 1.807) is 13.0 Å². The molecule has 0 atom stereocenters. The number of amides is 1. The standard InChI is InChI=1S/C20H25N5O4/c1-14-23-16(20(26)21-4-5-25-6-8-27-9-7-25)11-19(24-14)22-12-15-2-3-17-18(10-15)29-13-28-17/h2-3,10-11H,4-9,12-13H2,1H3,(H,21,26)(H,22,23,24). The number of fused-ring (bicyclic) bond motifs is 1. The molecule has 9 nitrogen and oxygen atoms in total. The van der Waals surface area contributed by atoms with Gasteiger partial charge in [-0.2, -0.15) is 0 Å². The number of morpholine rings is 1. The van der Waals surface area contributed by atoms with Crippen molar-refractivity contribution in [1.29, 1.82) is 0 Å². The van der Waals surface area contributed by atoms with Crippen LogP contribution >= 0.6 is 0 Å². The lowest BCUT2D eigenvalue weighted by atomic mass is 10.2. The first-order valence-corrected chi connectivity index (χ1v) is 9.74. The molecule has 0 saturated carbocycles. The molecule has 2 aromatic rings. The Morgan fingerprint density at radius 3 is 2.83 bits per heavy atom. The van der Waals surface area contributed by atoms with Crippen LogP contribution in [0.3, 0.4) is 0 Å². The number of anilines is 1. The average molecular weight is 399 g/mol. The van der Waals surface area contributed by atoms with E-state index in [1.807, 2.05) is 18.2 Å². The van der Waals surface area contributed by atoms with E-state index < -0.39 is 0 Å². The van der Waals surface area contributed by atoms with Crippen LogP contribution in [-0.2, 0) is 11.3 Å². The monoisotopic (exact) mass is 399 g/mol. The molecule has 0 unspecified atom stereocenters. The lowest BCUT2D eigenvalue weighted by Gasteiger charge is -2.26. The molecule has 0 bridgehead atoms. The predicted molar refractivity (Wildman–Crippen MR) is 106 cm³/mol. The molecule has 1 saturated heterocycles. The van der Waals surface area contributed by atoms with Crippen molar-refractivity contribution in [3.8, 4) is 11.5 Å². The summed E-state index contributed by atoms with van der Waals surface area (Å²) in [5, 5.41) is 6.18. The molecule has 0 spiro atoms. The van der Waals surface area contributed by atoms with Crippen LogP contribution in [0.15, 0.2) is 24.3 Å². The van der Waals surface area contributed by atoms with E-state index in [9.17, 15) is 4.79 Å². The number of benzene rings is 1. The second-order valence-electron chi connectivity index (χ2n) is 6.94. The van der Waals surface area contributed by atoms with Crippen molar-refractivity contribution in [2.24, 2.45) is 0 Å². The summed E-state index contributed by atoms with van der Waals surface area (Å²) in [6.07, 6.45) is 0. The Morgan fingerprint density at radius 1 is 1.14 bits per heavy atom. The Hall–Kier alpha value is -2.91. The molecule has 9 heteroatoms. The SMILES string of the molecule is Cc1nc(NCc2ccc3c(c2)OCO3)cc(C(=O)NCCN2CCOCC2)n1. The molecule has 1 fully saturated rings. The van der Waals surface area contributed by atoms with Gasteiger partial charge in [-0.1, -0.05) is 6.07 Å². The van der Waals surface area contributed by atoms with Crippen molar-refractivity contribution in [2.45, 2.75) is 13.5 Å². The van der Waals surface area contributed by atoms with Gasteiger partial charge in [0.25, 0.3) is 5.91 Å². The Balaban J connectivity index is 1.32. The van der Waals surface area contributed by atoms with Crippen molar-refractivity contribution < 1.29 is 19.0 Å². The van der Waals surface area contributed by atoms with Gasteiger partial charge in [0, 0.05) is 38.8 Å². The van der Waals surface area contributed by atoms with Crippen LogP contribution in [0.5, 0.6) is 11.5 Å². The topological polar surface area (TPSA) is 97.8 Å². The number of aromatic nitrogens is 2. The van der Waals surface area contributed by atoms with Crippen LogP contribution in [-0.4, -0.2) is 67.0 Å². The average Bonchev–Trinajstić information content (AvgIpc) is 3.20. The number of nitrogens with zero attached hydrogens (tertiary/aromatic N) is 3. The Kier molecular flexibility index (Phi) is 6.06. The lowest BCUT2D eigenvalue weighted by molar-refractivity contribution is 0.0383. The molecule has 29 heavy (non-hydrogen) atoms. The molecule has 2 aliphatic rings. The van der Waals surface area contributed by atoms with Crippen LogP contribution in [0, 0.1) is 6.92 Å². The molecule has 1 aromatic carbocycles. The van der Waals surface area contributed by atoms with Crippen LogP contribution in [0.25, 0.3) is 0 Å². The highest BCUT2D eigenvalue weighted by molar-refractivity contribution is 5.92. The van der Waals surface area contributed by atoms with Gasteiger partial charge >= 0.3 is 0 Å². The molecule has 0 aliphatic carbocycles. The second kappa shape index (κ2) is 9.06. The molecule has 154 valence electrons. The maximum atomic E-state index is 12.5. The first kappa shape index (κ1) is 19.4. The number of hydrogen-bond acceptors (Lipinski definition) is 8. The van der Waals surface area contributed by atoms with Crippen molar-refractivity contribution in [1.82, 2.24) is 20.2 Å². The van der Waals surface area contributed by atoms with Crippen molar-refractivity contribution in [3.05, 3.63) is 41.3 Å². The molecule has 1 amide bonds. The van der Waals surface area contributed by atoms with Gasteiger partial charge in [-0.15, -0.1) is 0 Å². The number of ether oxygens (including phenoxy) is 3. The fourth-order valence-corrected chi connectivity index (χ4v) is 3.26. The van der Waals surface area contributed by atoms with E-state index in [-0.39, 0.29) is 12.7 Å². The Labute approximate surface area is 169 Å². The molecule has 0 radical (unpaired) electrons. The highest BCUT2D eigenvalue weighted by Gasteiger charge is 2.15. The number of carbonyl (C=O) groups excluding carboxylic acids is 1. The lowest BCUT2D eigenvalue weighted by Crippen LogP contribution is -2.41. The third-order valence-electron chi connectivity index (χ3n) is 4.80. The van der Waals surface area contributed by atoms with Gasteiger partial charge in [0.05, 0.1) is 13.2 Å². The summed E-state index contributed by atoms with van der Waals surface area (Å²) in [4.78, 5) is 23.4. The molecule has 2 N–H and O–H groups in total. The maximum absolute atomic E-state index is 12.5. The zero-order valence-electron chi connectivity index (χ0n) is 16.4. The molecule has 2 aliphatic heterocycles. The third-order valence-corrected chi connectivity index (χ3v) is 4.80. The predicted octanol–water partition coefficient (Wildman–Crippen LogP) is 1.19. The summed E-state index contributed by atoms with van der Waals surface area (Å²) in [6.45, 7) is 7.24. The van der Waals surface area contributed by atoms with Gasteiger partial charge < -0.3 is 24.8 Å². The summed E-state index contributed by atoms with van der Waals surface area (Å²) < 4.78 is 16.1. The number of hydrogen-bond donors (Lipinski definition) is 2. The maximum Gasteiger partial charge on any atom is 0.270 e. The minimum atomic E-state index is -0.199. The molecule has 3 heterocycles. The minimum Gasteiger partial charge on any atom is -0.454 e. The van der Waals surface area contributed by atoms with Gasteiger partial charge in [-0.25, -0.2) is 9.97 Å². The van der Waals surface area contributed by atoms with Gasteiger partial charge in [0.15, 0.2) is 11.5 Å². The highest BCUT2D eigenvalue weighted by Crippen LogP contribution is 2.32. The first-order valence-electron chi connectivity index (χ1n) is 9.74. The third kappa shape index (κ3) is 5.12. The van der Waals surface area contributed by atoms with Crippen LogP contribution < -0.4 is 20.1 Å². The van der Waals surface area contributed by atoms with E-state index in [4.69, 9.17) is 14.2 Å². The highest BCUT2D eigenvalue weighted by atomic mass is 16.7. The summed E-state index contributed by atoms with van der Waals surface area (Å²) >= 11 is 0. The fourth-order valence-electron chi connectivity index (χ4n) is 3.26. The summed E-state index contributed by atoms with van der Waals surface area (Å²) in [5.74, 6) is 2.44. The van der Waals surface area contributed by atoms with Crippen LogP contribution in [0.4, 0.5) is 5.82 Å². The first-order chi connectivity index (χ1) is 14.2. The van der Waals surface area contributed by atoms with E-state index in [2.05, 4.69) is 25.5 Å². The van der Waals surface area contributed by atoms with Gasteiger partial charge in [0.2, 0.25) is 6.79 Å². The second-order valence-corrected chi connectivity index (χ2v) is 6.94. The van der Waals surface area contributed by atoms with Gasteiger partial charge in [-0.05, 0) is 24.6 Å². The van der Waals surface area contributed by atoms with Crippen molar-refractivity contribution in [3.63, 3.8) is 0 Å². The normalized spacial score (nSPS) is 15.9. The summed E-state index contributed by atoms with van der Waals surface area (Å²) in [7, 11) is 0. The molecule has 1 aromatic heterocycles. The molecular weight excluding hydrogens is 374 g/mol. The summed E-state index contributed by atoms with van der Waals surface area (Å²) in [6, 6.07) is 7.46. The van der Waals surface area contributed by atoms with Crippen molar-refractivity contribution >= 4 is 11.7 Å². The van der Waals surface area contributed by atoms with E-state index in [0.29, 0.717) is 30.4 Å². The smallest absolute Gasteiger partial charge is 0.270 e. The zero-order chi connectivity index (χ0) is 20.1. The number of nitrogens with one attached hydrogen (secondary N) is 2. The Morgan fingerprint density at radius 2 is 1.97 bits per heavy atom. The quantitative estimate of drug-likeness (QED) is 0.717. The Bertz CT molecular complexity index is 870. The van der Waals surface area contributed by atoms with Crippen LogP contribution in [0.2, 0.25) is 0 Å². The van der Waals surface area contributed by atoms with Gasteiger partial charge in [0.1, 0.15) is 17.3 Å². The summed E-state index contributed by atoms with van der Waals surface area (Å²) in [5.41, 5.74) is 1.38. The van der Waals surface area contributed by atoms with E-state index in [0.717, 1.165) is 49.9 Å². The van der Waals surface area contributed by atoms with Gasteiger partial charge in [-0.3, -0.25) is 9.69 Å². The fraction of sp³-hybridized carbons (Fsp3) is 0.450. The van der Waals surface area contributed by atoms with E-state index in [1.165, 1.54) is 0 Å². The van der Waals surface area contributed by atoms with Crippen molar-refractivity contribution in [2.75, 3.05) is 51.5 Å². The molecule has 4 rings (SSSR count). The molecular formula is C20H25N5O4. The number of rotatable bonds is 7. The number of carbonyl (C=O) groups is 1. The van der Waals surface area contributed by atoms with E-state index >= 15 is 0 Å². The number of aryl methyl sites for hydroxylation is 1. The minimum absolute atomic E-state index is 0.199. The largest absolute Gasteiger partial charge is 0.454 e.